The van der Waals surface area contributed by atoms with Crippen LogP contribution in [0.5, 0.6) is 0 Å². The quantitative estimate of drug-likeness (QED) is 0.544. The van der Waals surface area contributed by atoms with Crippen molar-refractivity contribution >= 4 is 0 Å². The lowest BCUT2D eigenvalue weighted by molar-refractivity contribution is -0.335. The van der Waals surface area contributed by atoms with Gasteiger partial charge in [0.05, 0.1) is 7.11 Å². The van der Waals surface area contributed by atoms with E-state index in [2.05, 4.69) is 14.2 Å². The summed E-state index contributed by atoms with van der Waals surface area (Å²) in [5.41, 5.74) is 0. The molecule has 9 heteroatoms. The van der Waals surface area contributed by atoms with Gasteiger partial charge in [-0.3, -0.25) is 0 Å². The third-order valence-corrected chi connectivity index (χ3v) is 0.744. The van der Waals surface area contributed by atoms with Crippen LogP contribution in [-0.4, -0.2) is 20.1 Å². The molecule has 84 valence electrons. The maximum atomic E-state index is 12.3. The highest BCUT2D eigenvalue weighted by atomic mass is 19.4. The molecule has 0 bridgehead atoms. The molecule has 0 radical (unpaired) electrons. The van der Waals surface area contributed by atoms with Gasteiger partial charge in [0.15, 0.2) is 0 Å². The zero-order valence-corrected chi connectivity index (χ0v) is 6.57. The molecular weight excluding hydrogens is 222 g/mol. The van der Waals surface area contributed by atoms with Crippen molar-refractivity contribution in [2.45, 2.75) is 13.0 Å². The molecule has 0 rings (SSSR count). The molecule has 0 aliphatic rings. The van der Waals surface area contributed by atoms with Crippen LogP contribution in [0, 0.1) is 0 Å². The zero-order chi connectivity index (χ0) is 11.4. The summed E-state index contributed by atoms with van der Waals surface area (Å²) in [6.45, 7) is -3.66. The van der Waals surface area contributed by atoms with Gasteiger partial charge in [0.25, 0.3) is 0 Å². The van der Waals surface area contributed by atoms with Gasteiger partial charge in [-0.25, -0.2) is 0 Å². The van der Waals surface area contributed by atoms with E-state index in [0.717, 1.165) is 0 Å². The van der Waals surface area contributed by atoms with Crippen molar-refractivity contribution in [2.24, 2.45) is 0 Å². The molecule has 0 aromatic heterocycles. The smallest absolute Gasteiger partial charge is 0.469 e. The molecule has 0 saturated carbocycles. The van der Waals surface area contributed by atoms with E-state index in [1.807, 2.05) is 0 Å². The monoisotopic (exact) mass is 226 g/mol. The minimum atomic E-state index is -5.35. The minimum absolute atomic E-state index is 0.615. The number of halogens is 6. The summed E-state index contributed by atoms with van der Waals surface area (Å²) in [6, 6.07) is -2.04. The van der Waals surface area contributed by atoms with Gasteiger partial charge in [-0.15, -0.1) is 13.2 Å². The first kappa shape index (κ1) is 12.7. The summed E-state index contributed by atoms with van der Waals surface area (Å²) in [6.07, 6.45) is -5.35. The first-order chi connectivity index (χ1) is 6.26. The van der Waals surface area contributed by atoms with E-state index in [1.165, 1.54) is 0 Å². The maximum Gasteiger partial charge on any atom is 0.575 e. The Morgan fingerprint density at radius 1 is 1.21 bits per heavy atom. The van der Waals surface area contributed by atoms with Gasteiger partial charge in [0, 0.05) is 0 Å². The maximum absolute atomic E-state index is 12.3. The highest BCUT2D eigenvalue weighted by molar-refractivity contribution is 4.84. The lowest BCUT2D eigenvalue weighted by Gasteiger charge is -2.12. The highest BCUT2D eigenvalue weighted by Crippen LogP contribution is 2.25. The minimum Gasteiger partial charge on any atom is -0.469 e. The predicted octanol–water partition coefficient (Wildman–Crippen LogP) is 2.50. The Kier molecular flexibility index (Phi) is 4.38. The highest BCUT2D eigenvalue weighted by Gasteiger charge is 2.36. The lowest BCUT2D eigenvalue weighted by atomic mass is 10.9. The van der Waals surface area contributed by atoms with Gasteiger partial charge in [-0.2, -0.15) is 13.2 Å². The lowest BCUT2D eigenvalue weighted by Crippen LogP contribution is -2.17. The Labute approximate surface area is 73.8 Å². The number of hydrogen-bond donors (Lipinski definition) is 0. The molecule has 0 unspecified atom stereocenters. The van der Waals surface area contributed by atoms with Gasteiger partial charge in [-0.1, -0.05) is 0 Å². The molecule has 0 aromatic carbocycles. The molecule has 0 heterocycles. The molecule has 0 fully saturated rings. The van der Waals surface area contributed by atoms with Crippen molar-refractivity contribution in [3.63, 3.8) is 0 Å². The van der Waals surface area contributed by atoms with Crippen molar-refractivity contribution in [3.05, 3.63) is 12.0 Å². The molecule has 0 aliphatic carbocycles. The zero-order valence-electron chi connectivity index (χ0n) is 6.57. The van der Waals surface area contributed by atoms with Gasteiger partial charge >= 0.3 is 24.9 Å². The van der Waals surface area contributed by atoms with Crippen LogP contribution in [0.15, 0.2) is 12.0 Å². The SMILES string of the molecule is CO/C(F)=C(\OC(F)F)OC(F)(F)F. The third kappa shape index (κ3) is 5.38. The van der Waals surface area contributed by atoms with E-state index in [4.69, 9.17) is 0 Å². The third-order valence-electron chi connectivity index (χ3n) is 0.744. The molecule has 0 spiro atoms. The first-order valence-corrected chi connectivity index (χ1v) is 2.90. The molecule has 0 atom stereocenters. The normalized spacial score (nSPS) is 13.7. The summed E-state index contributed by atoms with van der Waals surface area (Å²) in [5.74, 6) is -2.07. The molecule has 0 saturated heterocycles. The number of rotatable bonds is 4. The first-order valence-electron chi connectivity index (χ1n) is 2.90. The van der Waals surface area contributed by atoms with Crippen molar-refractivity contribution < 1.29 is 40.6 Å². The predicted molar refractivity (Wildman–Crippen MR) is 29.4 cm³/mol. The van der Waals surface area contributed by atoms with Crippen LogP contribution in [0.1, 0.15) is 0 Å². The number of alkyl halides is 5. The van der Waals surface area contributed by atoms with Crippen LogP contribution in [0.3, 0.4) is 0 Å². The number of ether oxygens (including phenoxy) is 3. The summed E-state index contributed by atoms with van der Waals surface area (Å²) in [4.78, 5) is 0. The molecule has 0 aromatic rings. The average Bonchev–Trinajstić information content (AvgIpc) is 1.98. The second-order valence-corrected chi connectivity index (χ2v) is 1.69. The van der Waals surface area contributed by atoms with Gasteiger partial charge in [-0.05, 0) is 0 Å². The van der Waals surface area contributed by atoms with E-state index < -0.39 is 24.9 Å². The van der Waals surface area contributed by atoms with Crippen LogP contribution in [-0.2, 0) is 14.2 Å². The fourth-order valence-corrected chi connectivity index (χ4v) is 0.380. The summed E-state index contributed by atoms with van der Waals surface area (Å²) in [5, 5.41) is 0. The molecule has 0 N–H and O–H groups in total. The van der Waals surface area contributed by atoms with E-state index in [-0.39, 0.29) is 0 Å². The van der Waals surface area contributed by atoms with Gasteiger partial charge in [0.2, 0.25) is 0 Å². The number of hydrogen-bond acceptors (Lipinski definition) is 3. The van der Waals surface area contributed by atoms with E-state index in [1.54, 1.807) is 0 Å². The summed E-state index contributed by atoms with van der Waals surface area (Å²) >= 11 is 0. The Balaban J connectivity index is 4.58. The largest absolute Gasteiger partial charge is 0.575 e. The van der Waals surface area contributed by atoms with E-state index in [9.17, 15) is 26.3 Å². The average molecular weight is 226 g/mol. The molecule has 3 nitrogen and oxygen atoms in total. The summed E-state index contributed by atoms with van der Waals surface area (Å²) in [7, 11) is 0.615. The van der Waals surface area contributed by atoms with Gasteiger partial charge in [0.1, 0.15) is 0 Å². The van der Waals surface area contributed by atoms with Crippen LogP contribution < -0.4 is 0 Å². The number of methoxy groups -OCH3 is 1. The molecule has 0 aliphatic heterocycles. The Hall–Kier alpha value is -1.28. The fraction of sp³-hybridized carbons (Fsp3) is 0.600. The van der Waals surface area contributed by atoms with Crippen molar-refractivity contribution in [3.8, 4) is 0 Å². The van der Waals surface area contributed by atoms with Gasteiger partial charge < -0.3 is 14.2 Å². The molecular formula is C5H4F6O3. The van der Waals surface area contributed by atoms with Crippen LogP contribution >= 0.6 is 0 Å². The van der Waals surface area contributed by atoms with E-state index in [0.29, 0.717) is 7.11 Å². The van der Waals surface area contributed by atoms with Crippen LogP contribution in [0.2, 0.25) is 0 Å². The van der Waals surface area contributed by atoms with Crippen LogP contribution in [0.4, 0.5) is 26.3 Å². The van der Waals surface area contributed by atoms with Crippen molar-refractivity contribution in [1.82, 2.24) is 0 Å². The van der Waals surface area contributed by atoms with E-state index >= 15 is 0 Å². The van der Waals surface area contributed by atoms with Crippen molar-refractivity contribution in [1.29, 1.82) is 0 Å². The fourth-order valence-electron chi connectivity index (χ4n) is 0.380. The Bertz CT molecular complexity index is 210. The Morgan fingerprint density at radius 3 is 2.00 bits per heavy atom. The van der Waals surface area contributed by atoms with Crippen molar-refractivity contribution in [2.75, 3.05) is 7.11 Å². The molecule has 0 amide bonds. The molecule has 14 heavy (non-hydrogen) atoms. The standard InChI is InChI=1S/C5H4F6O3/c1-12-2(6)3(13-4(7)8)14-5(9,10)11/h4H,1H3/b3-2+. The topological polar surface area (TPSA) is 27.7 Å². The van der Waals surface area contributed by atoms with Crippen LogP contribution in [0.25, 0.3) is 0 Å². The second kappa shape index (κ2) is 4.82. The summed E-state index contributed by atoms with van der Waals surface area (Å²) < 4.78 is 78.9. The Morgan fingerprint density at radius 2 is 1.71 bits per heavy atom. The second-order valence-electron chi connectivity index (χ2n) is 1.69.